The number of hydrogen-bond donors (Lipinski definition) is 2. The fourth-order valence-corrected chi connectivity index (χ4v) is 3.21. The highest BCUT2D eigenvalue weighted by Gasteiger charge is 2.62. The van der Waals surface area contributed by atoms with E-state index in [-0.39, 0.29) is 10.8 Å². The van der Waals surface area contributed by atoms with Crippen LogP contribution in [-0.4, -0.2) is 25.3 Å². The molecule has 0 bridgehead atoms. The average Bonchev–Trinajstić information content (AvgIpc) is 2.99. The number of ether oxygens (including phenoxy) is 2. The van der Waals surface area contributed by atoms with E-state index in [2.05, 4.69) is 19.2 Å². The lowest BCUT2D eigenvalue weighted by atomic mass is 9.87. The highest BCUT2D eigenvalue weighted by Crippen LogP contribution is 2.65. The number of rotatable bonds is 4. The number of anilines is 1. The van der Waals surface area contributed by atoms with Gasteiger partial charge in [-0.1, -0.05) is 13.8 Å². The van der Waals surface area contributed by atoms with Crippen molar-refractivity contribution in [2.45, 2.75) is 52.1 Å². The summed E-state index contributed by atoms with van der Waals surface area (Å²) in [6.45, 7) is 10.5. The summed E-state index contributed by atoms with van der Waals surface area (Å²) in [5, 5.41) is 2.78. The van der Waals surface area contributed by atoms with Gasteiger partial charge < -0.3 is 15.2 Å². The smallest absolute Gasteiger partial charge is 0.412 e. The van der Waals surface area contributed by atoms with Crippen molar-refractivity contribution in [1.29, 1.82) is 0 Å². The lowest BCUT2D eigenvalue weighted by molar-refractivity contribution is 0.0636. The normalized spacial score (nSPS) is 22.4. The fourth-order valence-electron chi connectivity index (χ4n) is 3.21. The molecule has 5 nitrogen and oxygen atoms in total. The minimum absolute atomic E-state index is 0.107. The number of benzene rings is 1. The SMILES string of the molecule is COc1ccc(NC(=O)OC(C)(C)C)cc1C1(CN)CC1(C)C. The second-order valence-corrected chi connectivity index (χ2v) is 7.89. The van der Waals surface area contributed by atoms with Gasteiger partial charge in [-0.15, -0.1) is 0 Å². The second kappa shape index (κ2) is 5.71. The predicted octanol–water partition coefficient (Wildman–Crippen LogP) is 3.67. The number of hydrogen-bond acceptors (Lipinski definition) is 4. The maximum atomic E-state index is 12.0. The Morgan fingerprint density at radius 2 is 1.96 bits per heavy atom. The van der Waals surface area contributed by atoms with Crippen LogP contribution in [0.25, 0.3) is 0 Å². The van der Waals surface area contributed by atoms with Crippen molar-refractivity contribution in [2.24, 2.45) is 11.1 Å². The molecule has 0 aliphatic heterocycles. The zero-order valence-electron chi connectivity index (χ0n) is 14.9. The molecule has 1 amide bonds. The minimum Gasteiger partial charge on any atom is -0.496 e. The summed E-state index contributed by atoms with van der Waals surface area (Å²) < 4.78 is 10.8. The van der Waals surface area contributed by atoms with E-state index in [0.29, 0.717) is 12.2 Å². The standard InChI is InChI=1S/C18H28N2O3/c1-16(2,3)23-15(21)20-12-7-8-14(22-6)13(9-12)18(11-19)10-17(18,4)5/h7-9H,10-11,19H2,1-6H3,(H,20,21). The lowest BCUT2D eigenvalue weighted by Gasteiger charge is -2.23. The van der Waals surface area contributed by atoms with Crippen LogP contribution in [0.2, 0.25) is 0 Å². The first-order valence-electron chi connectivity index (χ1n) is 7.93. The van der Waals surface area contributed by atoms with Crippen LogP contribution in [0.3, 0.4) is 0 Å². The van der Waals surface area contributed by atoms with E-state index >= 15 is 0 Å². The van der Waals surface area contributed by atoms with Crippen molar-refractivity contribution < 1.29 is 14.3 Å². The van der Waals surface area contributed by atoms with Crippen molar-refractivity contribution in [3.05, 3.63) is 23.8 Å². The molecule has 0 heterocycles. The molecule has 0 aromatic heterocycles. The second-order valence-electron chi connectivity index (χ2n) is 7.89. The summed E-state index contributed by atoms with van der Waals surface area (Å²) in [5.74, 6) is 0.802. The molecule has 0 spiro atoms. The van der Waals surface area contributed by atoms with Gasteiger partial charge in [-0.05, 0) is 50.8 Å². The van der Waals surface area contributed by atoms with Crippen molar-refractivity contribution >= 4 is 11.8 Å². The number of carbonyl (C=O) groups is 1. The minimum atomic E-state index is -0.531. The molecule has 0 radical (unpaired) electrons. The highest BCUT2D eigenvalue weighted by atomic mass is 16.6. The Kier molecular flexibility index (Phi) is 4.37. The van der Waals surface area contributed by atoms with E-state index in [4.69, 9.17) is 15.2 Å². The summed E-state index contributed by atoms with van der Waals surface area (Å²) in [6.07, 6.45) is 0.536. The van der Waals surface area contributed by atoms with Gasteiger partial charge in [0.15, 0.2) is 0 Å². The number of nitrogens with one attached hydrogen (secondary N) is 1. The van der Waals surface area contributed by atoms with E-state index in [0.717, 1.165) is 17.7 Å². The molecule has 1 aliphatic rings. The Balaban J connectivity index is 2.29. The molecule has 1 fully saturated rings. The summed E-state index contributed by atoms with van der Waals surface area (Å²) in [4.78, 5) is 12.0. The van der Waals surface area contributed by atoms with Gasteiger partial charge in [0.05, 0.1) is 7.11 Å². The Morgan fingerprint density at radius 1 is 1.35 bits per heavy atom. The van der Waals surface area contributed by atoms with Crippen molar-refractivity contribution in [2.75, 3.05) is 19.0 Å². The van der Waals surface area contributed by atoms with Gasteiger partial charge >= 0.3 is 6.09 Å². The quantitative estimate of drug-likeness (QED) is 0.887. The zero-order valence-corrected chi connectivity index (χ0v) is 14.9. The Bertz CT molecular complexity index is 605. The lowest BCUT2D eigenvalue weighted by Crippen LogP contribution is -2.28. The largest absolute Gasteiger partial charge is 0.496 e. The van der Waals surface area contributed by atoms with Crippen LogP contribution in [0.5, 0.6) is 5.75 Å². The van der Waals surface area contributed by atoms with Crippen LogP contribution in [0.1, 0.15) is 46.6 Å². The molecule has 23 heavy (non-hydrogen) atoms. The molecule has 2 rings (SSSR count). The molecule has 1 aromatic rings. The first-order valence-corrected chi connectivity index (χ1v) is 7.93. The summed E-state index contributed by atoms with van der Waals surface area (Å²) in [7, 11) is 1.65. The molecule has 128 valence electrons. The molecule has 1 unspecified atom stereocenters. The maximum Gasteiger partial charge on any atom is 0.412 e. The van der Waals surface area contributed by atoms with Crippen LogP contribution in [-0.2, 0) is 10.2 Å². The van der Waals surface area contributed by atoms with Crippen molar-refractivity contribution in [3.63, 3.8) is 0 Å². The Hall–Kier alpha value is -1.75. The predicted molar refractivity (Wildman–Crippen MR) is 92.0 cm³/mol. The molecule has 1 aromatic carbocycles. The van der Waals surface area contributed by atoms with Crippen LogP contribution in [0, 0.1) is 5.41 Å². The molecule has 1 saturated carbocycles. The average molecular weight is 320 g/mol. The zero-order chi connectivity index (χ0) is 17.5. The maximum absolute atomic E-state index is 12.0. The number of methoxy groups -OCH3 is 1. The van der Waals surface area contributed by atoms with Crippen molar-refractivity contribution in [3.8, 4) is 5.75 Å². The van der Waals surface area contributed by atoms with Gasteiger partial charge in [0, 0.05) is 23.2 Å². The monoisotopic (exact) mass is 320 g/mol. The molecule has 5 heteroatoms. The van der Waals surface area contributed by atoms with E-state index in [9.17, 15) is 4.79 Å². The van der Waals surface area contributed by atoms with Gasteiger partial charge in [-0.2, -0.15) is 0 Å². The van der Waals surface area contributed by atoms with Crippen LogP contribution < -0.4 is 15.8 Å². The first-order chi connectivity index (χ1) is 10.5. The van der Waals surface area contributed by atoms with E-state index in [1.54, 1.807) is 7.11 Å². The van der Waals surface area contributed by atoms with E-state index in [1.807, 2.05) is 39.0 Å². The van der Waals surface area contributed by atoms with Gasteiger partial charge in [-0.25, -0.2) is 4.79 Å². The van der Waals surface area contributed by atoms with Crippen molar-refractivity contribution in [1.82, 2.24) is 0 Å². The topological polar surface area (TPSA) is 73.6 Å². The number of nitrogens with two attached hydrogens (primary N) is 1. The number of amides is 1. The Labute approximate surface area is 138 Å². The third kappa shape index (κ3) is 3.44. The van der Waals surface area contributed by atoms with Gasteiger partial charge in [0.1, 0.15) is 11.4 Å². The highest BCUT2D eigenvalue weighted by molar-refractivity contribution is 5.85. The summed E-state index contributed by atoms with van der Waals surface area (Å²) in [5.41, 5.74) is 7.28. The summed E-state index contributed by atoms with van der Waals surface area (Å²) in [6, 6.07) is 5.63. The van der Waals surface area contributed by atoms with Crippen LogP contribution in [0.15, 0.2) is 18.2 Å². The van der Waals surface area contributed by atoms with E-state index < -0.39 is 11.7 Å². The molecule has 0 saturated heterocycles. The molecule has 1 atom stereocenters. The van der Waals surface area contributed by atoms with E-state index in [1.165, 1.54) is 0 Å². The van der Waals surface area contributed by atoms with Gasteiger partial charge in [0.2, 0.25) is 0 Å². The molecular formula is C18H28N2O3. The van der Waals surface area contributed by atoms with Gasteiger partial charge in [-0.3, -0.25) is 5.32 Å². The molecule has 1 aliphatic carbocycles. The molecule has 3 N–H and O–H groups in total. The molecular weight excluding hydrogens is 292 g/mol. The summed E-state index contributed by atoms with van der Waals surface area (Å²) >= 11 is 0. The Morgan fingerprint density at radius 3 is 2.39 bits per heavy atom. The van der Waals surface area contributed by atoms with Gasteiger partial charge in [0.25, 0.3) is 0 Å². The fraction of sp³-hybridized carbons (Fsp3) is 0.611. The third-order valence-corrected chi connectivity index (χ3v) is 4.62. The van der Waals surface area contributed by atoms with Crippen LogP contribution >= 0.6 is 0 Å². The third-order valence-electron chi connectivity index (χ3n) is 4.62. The first kappa shape index (κ1) is 17.6. The number of carbonyl (C=O) groups excluding carboxylic acids is 1. The van der Waals surface area contributed by atoms with Crippen LogP contribution in [0.4, 0.5) is 10.5 Å².